The van der Waals surface area contributed by atoms with E-state index in [-0.39, 0.29) is 11.4 Å². The second-order valence-electron chi connectivity index (χ2n) is 4.94. The van der Waals surface area contributed by atoms with Crippen molar-refractivity contribution in [2.45, 2.75) is 37.6 Å². The van der Waals surface area contributed by atoms with Crippen molar-refractivity contribution in [1.29, 1.82) is 0 Å². The average Bonchev–Trinajstić information content (AvgIpc) is 2.40. The van der Waals surface area contributed by atoms with E-state index in [0.717, 1.165) is 18.2 Å². The zero-order valence-corrected chi connectivity index (χ0v) is 12.6. The summed E-state index contributed by atoms with van der Waals surface area (Å²) in [4.78, 5) is 12.2. The van der Waals surface area contributed by atoms with Gasteiger partial charge < -0.3 is 5.32 Å². The third kappa shape index (κ3) is 3.27. The van der Waals surface area contributed by atoms with E-state index in [1.807, 2.05) is 0 Å². The molecule has 1 aromatic rings. The van der Waals surface area contributed by atoms with Crippen LogP contribution in [0.5, 0.6) is 0 Å². The molecule has 2 nitrogen and oxygen atoms in total. The van der Waals surface area contributed by atoms with Gasteiger partial charge in [-0.15, -0.1) is 0 Å². The van der Waals surface area contributed by atoms with E-state index >= 15 is 0 Å². The molecule has 1 amide bonds. The Labute approximate surface area is 121 Å². The third-order valence-corrected chi connectivity index (χ3v) is 4.84. The highest BCUT2D eigenvalue weighted by Crippen LogP contribution is 2.30. The lowest BCUT2D eigenvalue weighted by Crippen LogP contribution is -2.51. The molecule has 0 bridgehead atoms. The van der Waals surface area contributed by atoms with Crippen LogP contribution in [0.2, 0.25) is 5.02 Å². The summed E-state index contributed by atoms with van der Waals surface area (Å²) >= 11 is 9.45. The zero-order chi connectivity index (χ0) is 13.0. The summed E-state index contributed by atoms with van der Waals surface area (Å²) in [5.41, 5.74) is 0.547. The van der Waals surface area contributed by atoms with Crippen LogP contribution in [0.1, 0.15) is 42.5 Å². The predicted octanol–water partition coefficient (Wildman–Crippen LogP) is 4.17. The molecule has 0 spiro atoms. The SMILES string of the molecule is O=C(NC1(CBr)CCCCC1)c1cccc(Cl)c1. The number of halogens is 2. The average molecular weight is 331 g/mol. The van der Waals surface area contributed by atoms with Gasteiger partial charge in [0, 0.05) is 15.9 Å². The van der Waals surface area contributed by atoms with E-state index in [2.05, 4.69) is 21.2 Å². The molecule has 4 heteroatoms. The summed E-state index contributed by atoms with van der Waals surface area (Å²) in [5.74, 6) is -0.0288. The standard InChI is InChI=1S/C14H17BrClNO/c15-10-14(7-2-1-3-8-14)17-13(18)11-5-4-6-12(16)9-11/h4-6,9H,1-3,7-8,10H2,(H,17,18). The number of hydrogen-bond acceptors (Lipinski definition) is 1. The summed E-state index contributed by atoms with van der Waals surface area (Å²) in [6.07, 6.45) is 5.72. The lowest BCUT2D eigenvalue weighted by atomic mass is 9.83. The fourth-order valence-electron chi connectivity index (χ4n) is 2.46. The molecule has 2 rings (SSSR count). The molecule has 0 radical (unpaired) electrons. The molecule has 1 fully saturated rings. The largest absolute Gasteiger partial charge is 0.346 e. The topological polar surface area (TPSA) is 29.1 Å². The van der Waals surface area contributed by atoms with Crippen molar-refractivity contribution in [3.8, 4) is 0 Å². The molecular formula is C14H17BrClNO. The zero-order valence-electron chi connectivity index (χ0n) is 10.2. The number of hydrogen-bond donors (Lipinski definition) is 1. The van der Waals surface area contributed by atoms with Crippen LogP contribution >= 0.6 is 27.5 Å². The molecule has 1 aromatic carbocycles. The van der Waals surface area contributed by atoms with E-state index in [4.69, 9.17) is 11.6 Å². The molecule has 0 aliphatic heterocycles. The lowest BCUT2D eigenvalue weighted by molar-refractivity contribution is 0.0886. The number of nitrogens with one attached hydrogen (secondary N) is 1. The number of alkyl halides is 1. The van der Waals surface area contributed by atoms with Gasteiger partial charge in [-0.25, -0.2) is 0 Å². The molecule has 0 aromatic heterocycles. The van der Waals surface area contributed by atoms with Crippen molar-refractivity contribution in [3.05, 3.63) is 34.9 Å². The molecule has 0 unspecified atom stereocenters. The molecule has 0 saturated heterocycles. The lowest BCUT2D eigenvalue weighted by Gasteiger charge is -2.36. The van der Waals surface area contributed by atoms with Crippen LogP contribution in [0, 0.1) is 0 Å². The maximum atomic E-state index is 12.2. The number of amides is 1. The Bertz CT molecular complexity index is 430. The van der Waals surface area contributed by atoms with Crippen molar-refractivity contribution in [3.63, 3.8) is 0 Å². The first kappa shape index (κ1) is 13.9. The highest BCUT2D eigenvalue weighted by Gasteiger charge is 2.32. The van der Waals surface area contributed by atoms with Gasteiger partial charge >= 0.3 is 0 Å². The van der Waals surface area contributed by atoms with Crippen molar-refractivity contribution >= 4 is 33.4 Å². The summed E-state index contributed by atoms with van der Waals surface area (Å²) < 4.78 is 0. The fourth-order valence-corrected chi connectivity index (χ4v) is 3.35. The van der Waals surface area contributed by atoms with E-state index < -0.39 is 0 Å². The maximum absolute atomic E-state index is 12.2. The van der Waals surface area contributed by atoms with Gasteiger partial charge in [0.1, 0.15) is 0 Å². The number of rotatable bonds is 3. The first-order valence-electron chi connectivity index (χ1n) is 6.29. The molecule has 98 valence electrons. The molecule has 1 N–H and O–H groups in total. The van der Waals surface area contributed by atoms with E-state index in [9.17, 15) is 4.79 Å². The van der Waals surface area contributed by atoms with Gasteiger partial charge in [-0.2, -0.15) is 0 Å². The van der Waals surface area contributed by atoms with E-state index in [1.165, 1.54) is 19.3 Å². The summed E-state index contributed by atoms with van der Waals surface area (Å²) in [6, 6.07) is 7.09. The first-order valence-corrected chi connectivity index (χ1v) is 7.79. The number of carbonyl (C=O) groups is 1. The molecule has 18 heavy (non-hydrogen) atoms. The summed E-state index contributed by atoms with van der Waals surface area (Å²) in [6.45, 7) is 0. The smallest absolute Gasteiger partial charge is 0.251 e. The normalized spacial score (nSPS) is 18.3. The first-order chi connectivity index (χ1) is 8.65. The van der Waals surface area contributed by atoms with Crippen molar-refractivity contribution < 1.29 is 4.79 Å². The molecule has 1 aliphatic carbocycles. The molecule has 1 aliphatic rings. The van der Waals surface area contributed by atoms with Gasteiger partial charge in [-0.05, 0) is 31.0 Å². The van der Waals surface area contributed by atoms with Crippen molar-refractivity contribution in [2.75, 3.05) is 5.33 Å². The minimum atomic E-state index is -0.0857. The Hall–Kier alpha value is -0.540. The van der Waals surface area contributed by atoms with Gasteiger partial charge in [0.2, 0.25) is 0 Å². The van der Waals surface area contributed by atoms with E-state index in [0.29, 0.717) is 10.6 Å². The Morgan fingerprint density at radius 3 is 2.67 bits per heavy atom. The Morgan fingerprint density at radius 2 is 2.06 bits per heavy atom. The van der Waals surface area contributed by atoms with Crippen molar-refractivity contribution in [2.24, 2.45) is 0 Å². The predicted molar refractivity (Wildman–Crippen MR) is 78.5 cm³/mol. The van der Waals surface area contributed by atoms with Crippen LogP contribution in [0.25, 0.3) is 0 Å². The molecule has 0 atom stereocenters. The van der Waals surface area contributed by atoms with Crippen LogP contribution in [0.3, 0.4) is 0 Å². The Kier molecular flexibility index (Phi) is 4.68. The van der Waals surface area contributed by atoms with Crippen LogP contribution in [-0.4, -0.2) is 16.8 Å². The van der Waals surface area contributed by atoms with Crippen LogP contribution in [-0.2, 0) is 0 Å². The highest BCUT2D eigenvalue weighted by atomic mass is 79.9. The summed E-state index contributed by atoms with van der Waals surface area (Å²) in [5, 5.41) is 4.59. The third-order valence-electron chi connectivity index (χ3n) is 3.53. The number of benzene rings is 1. The Morgan fingerprint density at radius 1 is 1.33 bits per heavy atom. The minimum absolute atomic E-state index is 0.0288. The van der Waals surface area contributed by atoms with Gasteiger partial charge in [0.15, 0.2) is 0 Å². The van der Waals surface area contributed by atoms with Crippen molar-refractivity contribution in [1.82, 2.24) is 5.32 Å². The molecule has 0 heterocycles. The summed E-state index contributed by atoms with van der Waals surface area (Å²) in [7, 11) is 0. The van der Waals surface area contributed by atoms with Gasteiger partial charge in [0.05, 0.1) is 5.54 Å². The Balaban J connectivity index is 2.10. The van der Waals surface area contributed by atoms with Crippen LogP contribution < -0.4 is 5.32 Å². The number of carbonyl (C=O) groups excluding carboxylic acids is 1. The second kappa shape index (κ2) is 6.07. The van der Waals surface area contributed by atoms with E-state index in [1.54, 1.807) is 24.3 Å². The second-order valence-corrected chi connectivity index (χ2v) is 5.94. The maximum Gasteiger partial charge on any atom is 0.251 e. The van der Waals surface area contributed by atoms with Gasteiger partial charge in [-0.1, -0.05) is 52.9 Å². The highest BCUT2D eigenvalue weighted by molar-refractivity contribution is 9.09. The minimum Gasteiger partial charge on any atom is -0.346 e. The van der Waals surface area contributed by atoms with Crippen LogP contribution in [0.15, 0.2) is 24.3 Å². The van der Waals surface area contributed by atoms with Crippen LogP contribution in [0.4, 0.5) is 0 Å². The van der Waals surface area contributed by atoms with Gasteiger partial charge in [0.25, 0.3) is 5.91 Å². The monoisotopic (exact) mass is 329 g/mol. The quantitative estimate of drug-likeness (QED) is 0.828. The molecular weight excluding hydrogens is 314 g/mol. The van der Waals surface area contributed by atoms with Gasteiger partial charge in [-0.3, -0.25) is 4.79 Å². The molecule has 1 saturated carbocycles. The fraction of sp³-hybridized carbons (Fsp3) is 0.500.